The lowest BCUT2D eigenvalue weighted by molar-refractivity contribution is -0.127. The van der Waals surface area contributed by atoms with Gasteiger partial charge in [0.05, 0.1) is 23.3 Å². The number of benzene rings is 2. The van der Waals surface area contributed by atoms with E-state index >= 15 is 0 Å². The Labute approximate surface area is 240 Å². The van der Waals surface area contributed by atoms with Gasteiger partial charge in [-0.25, -0.2) is 4.90 Å². The van der Waals surface area contributed by atoms with E-state index in [1.165, 1.54) is 12.0 Å². The lowest BCUT2D eigenvalue weighted by Gasteiger charge is -2.40. The molecule has 2 aliphatic rings. The second-order valence-corrected chi connectivity index (χ2v) is 12.0. The first-order chi connectivity index (χ1) is 19.1. The number of hydrogen-bond donors (Lipinski definition) is 1. The number of aromatic hydroxyl groups is 1. The van der Waals surface area contributed by atoms with Crippen molar-refractivity contribution in [1.82, 2.24) is 9.78 Å². The normalized spacial score (nSPS) is 22.5. The molecule has 3 unspecified atom stereocenters. The third-order valence-corrected chi connectivity index (χ3v) is 9.96. The number of carbonyl (C=O) groups excluding carboxylic acids is 2. The highest BCUT2D eigenvalue weighted by Gasteiger charge is 2.63. The highest BCUT2D eigenvalue weighted by Crippen LogP contribution is 2.59. The second kappa shape index (κ2) is 9.35. The number of allylic oxidation sites excluding steroid dienone is 3. The Balaban J connectivity index is 1.47. The highest BCUT2D eigenvalue weighted by atomic mass is 35.5. The van der Waals surface area contributed by atoms with Crippen LogP contribution in [0, 0.1) is 18.3 Å². The number of methoxy groups -OCH3 is 1. The smallest absolute Gasteiger partial charge is 0.242 e. The Morgan fingerprint density at radius 2 is 2.02 bits per heavy atom. The molecule has 4 aromatic rings. The third kappa shape index (κ3) is 3.59. The molecule has 2 aromatic heterocycles. The number of nitrogens with zero attached hydrogens (tertiary/aromatic N) is 3. The summed E-state index contributed by atoms with van der Waals surface area (Å²) in [5.74, 6) is -1.06. The maximum absolute atomic E-state index is 14.4. The number of ether oxygens (including phenoxy) is 1. The number of fused-ring (bicyclic) bond motifs is 2. The molecule has 1 aliphatic heterocycles. The molecule has 3 heterocycles. The van der Waals surface area contributed by atoms with Crippen LogP contribution in [0.4, 0.5) is 5.82 Å². The summed E-state index contributed by atoms with van der Waals surface area (Å²) in [7, 11) is 3.26. The molecule has 3 atom stereocenters. The van der Waals surface area contributed by atoms with E-state index in [1.54, 1.807) is 53.4 Å². The number of aromatic nitrogens is 2. The molecular formula is C31H28ClN3O4S. The SMILES string of the molecule is C=CC1=CCC2C(=O)N(c3cc(-c4sc5ccc(Cl)cc5c4C)nn3C)C(=O)C2(C)C1c1c(O)cccc1OC. The quantitative estimate of drug-likeness (QED) is 0.266. The van der Waals surface area contributed by atoms with Crippen molar-refractivity contribution in [2.75, 3.05) is 12.0 Å². The zero-order valence-corrected chi connectivity index (χ0v) is 24.1. The third-order valence-electron chi connectivity index (χ3n) is 8.43. The Morgan fingerprint density at radius 1 is 1.25 bits per heavy atom. The van der Waals surface area contributed by atoms with E-state index < -0.39 is 17.3 Å². The minimum Gasteiger partial charge on any atom is -0.508 e. The number of carbonyl (C=O) groups is 2. The molecule has 6 rings (SSSR count). The average Bonchev–Trinajstić information content (AvgIpc) is 3.53. The van der Waals surface area contributed by atoms with Gasteiger partial charge in [0.15, 0.2) is 0 Å². The van der Waals surface area contributed by atoms with Crippen molar-refractivity contribution in [3.05, 3.63) is 82.9 Å². The van der Waals surface area contributed by atoms with Gasteiger partial charge in [-0.1, -0.05) is 36.4 Å². The number of halogens is 1. The monoisotopic (exact) mass is 573 g/mol. The number of rotatable bonds is 5. The largest absolute Gasteiger partial charge is 0.508 e. The Hall–Kier alpha value is -3.88. The van der Waals surface area contributed by atoms with Crippen LogP contribution in [0.15, 0.2) is 66.8 Å². The van der Waals surface area contributed by atoms with E-state index in [9.17, 15) is 14.7 Å². The molecule has 9 heteroatoms. The molecule has 1 saturated heterocycles. The van der Waals surface area contributed by atoms with Crippen molar-refractivity contribution in [3.8, 4) is 22.1 Å². The number of thiophene rings is 1. The van der Waals surface area contributed by atoms with E-state index in [1.807, 2.05) is 38.1 Å². The molecule has 0 spiro atoms. The fraction of sp³-hybridized carbons (Fsp3) is 0.258. The number of aryl methyl sites for hydroxylation is 2. The van der Waals surface area contributed by atoms with Gasteiger partial charge in [-0.15, -0.1) is 11.3 Å². The number of hydrogen-bond acceptors (Lipinski definition) is 6. The van der Waals surface area contributed by atoms with E-state index in [-0.39, 0.29) is 17.6 Å². The van der Waals surface area contributed by atoms with Gasteiger partial charge in [-0.3, -0.25) is 14.3 Å². The Morgan fingerprint density at radius 3 is 2.75 bits per heavy atom. The van der Waals surface area contributed by atoms with Gasteiger partial charge in [0.2, 0.25) is 11.8 Å². The number of amides is 2. The number of anilines is 1. The molecule has 1 N–H and O–H groups in total. The summed E-state index contributed by atoms with van der Waals surface area (Å²) in [4.78, 5) is 30.7. The van der Waals surface area contributed by atoms with Crippen LogP contribution in [0.3, 0.4) is 0 Å². The van der Waals surface area contributed by atoms with Crippen molar-refractivity contribution in [2.24, 2.45) is 18.4 Å². The van der Waals surface area contributed by atoms with Gasteiger partial charge in [-0.2, -0.15) is 5.10 Å². The van der Waals surface area contributed by atoms with Gasteiger partial charge in [0.1, 0.15) is 23.0 Å². The molecule has 2 aromatic carbocycles. The van der Waals surface area contributed by atoms with Crippen LogP contribution >= 0.6 is 22.9 Å². The van der Waals surface area contributed by atoms with Crippen LogP contribution in [0.5, 0.6) is 11.5 Å². The molecule has 204 valence electrons. The van der Waals surface area contributed by atoms with Gasteiger partial charge < -0.3 is 9.84 Å². The van der Waals surface area contributed by atoms with E-state index in [2.05, 4.69) is 6.58 Å². The van der Waals surface area contributed by atoms with Crippen molar-refractivity contribution in [3.63, 3.8) is 0 Å². The first-order valence-corrected chi connectivity index (χ1v) is 14.1. The van der Waals surface area contributed by atoms with Gasteiger partial charge >= 0.3 is 0 Å². The van der Waals surface area contributed by atoms with Crippen molar-refractivity contribution in [1.29, 1.82) is 0 Å². The van der Waals surface area contributed by atoms with E-state index in [0.29, 0.717) is 34.3 Å². The number of imide groups is 1. The topological polar surface area (TPSA) is 84.7 Å². The van der Waals surface area contributed by atoms with Crippen molar-refractivity contribution >= 4 is 50.7 Å². The van der Waals surface area contributed by atoms with Crippen LogP contribution in [0.2, 0.25) is 5.02 Å². The minimum atomic E-state index is -1.18. The highest BCUT2D eigenvalue weighted by molar-refractivity contribution is 7.22. The van der Waals surface area contributed by atoms with Gasteiger partial charge in [0, 0.05) is 34.3 Å². The minimum absolute atomic E-state index is 0.000772. The van der Waals surface area contributed by atoms with Gasteiger partial charge in [0.25, 0.3) is 0 Å². The molecule has 1 fully saturated rings. The fourth-order valence-corrected chi connectivity index (χ4v) is 7.71. The molecule has 0 saturated carbocycles. The Kier molecular flexibility index (Phi) is 6.16. The van der Waals surface area contributed by atoms with Crippen molar-refractivity contribution in [2.45, 2.75) is 26.2 Å². The van der Waals surface area contributed by atoms with E-state index in [4.69, 9.17) is 21.4 Å². The number of phenolic OH excluding ortho intramolecular Hbond substituents is 1. The molecule has 0 bridgehead atoms. The Bertz CT molecular complexity index is 1770. The predicted octanol–water partition coefficient (Wildman–Crippen LogP) is 6.77. The second-order valence-electron chi connectivity index (χ2n) is 10.5. The molecule has 7 nitrogen and oxygen atoms in total. The van der Waals surface area contributed by atoms with E-state index in [0.717, 1.165) is 26.1 Å². The lowest BCUT2D eigenvalue weighted by atomic mass is 9.59. The van der Waals surface area contributed by atoms with Crippen LogP contribution in [0.1, 0.15) is 30.4 Å². The maximum atomic E-state index is 14.4. The summed E-state index contributed by atoms with van der Waals surface area (Å²) >= 11 is 7.84. The zero-order chi connectivity index (χ0) is 28.5. The molecular weight excluding hydrogens is 546 g/mol. The first-order valence-electron chi connectivity index (χ1n) is 12.9. The summed E-state index contributed by atoms with van der Waals surface area (Å²) < 4.78 is 8.27. The molecule has 40 heavy (non-hydrogen) atoms. The van der Waals surface area contributed by atoms with Crippen LogP contribution in [0.25, 0.3) is 20.7 Å². The molecule has 0 radical (unpaired) electrons. The standard InChI is InChI=1S/C31H28ClN3O4S/c1-6-17-10-12-20-29(37)35(30(38)31(20,3)27(17)26-22(36)8-7-9-23(26)39-5)25-15-21(33-34(25)4)28-16(2)19-14-18(32)11-13-24(19)40-28/h6-11,13-15,20,27,36H,1,12H2,2-5H3. The molecule has 1 aliphatic carbocycles. The summed E-state index contributed by atoms with van der Waals surface area (Å²) in [6.45, 7) is 7.80. The maximum Gasteiger partial charge on any atom is 0.242 e. The average molecular weight is 574 g/mol. The summed E-state index contributed by atoms with van der Waals surface area (Å²) in [6.07, 6.45) is 4.01. The fourth-order valence-electron chi connectivity index (χ4n) is 6.39. The van der Waals surface area contributed by atoms with Crippen molar-refractivity contribution < 1.29 is 19.4 Å². The zero-order valence-electron chi connectivity index (χ0n) is 22.6. The van der Waals surface area contributed by atoms with Crippen LogP contribution in [-0.4, -0.2) is 33.8 Å². The number of phenols is 1. The van der Waals surface area contributed by atoms with Crippen LogP contribution in [-0.2, 0) is 16.6 Å². The summed E-state index contributed by atoms with van der Waals surface area (Å²) in [5, 5.41) is 17.4. The first kappa shape index (κ1) is 26.3. The summed E-state index contributed by atoms with van der Waals surface area (Å²) in [5.41, 5.74) is 1.77. The van der Waals surface area contributed by atoms with Gasteiger partial charge in [-0.05, 0) is 67.1 Å². The molecule has 2 amide bonds. The van der Waals surface area contributed by atoms with Crippen LogP contribution < -0.4 is 9.64 Å². The predicted molar refractivity (Wildman–Crippen MR) is 158 cm³/mol. The summed E-state index contributed by atoms with van der Waals surface area (Å²) in [6, 6.07) is 12.6. The lowest BCUT2D eigenvalue weighted by Crippen LogP contribution is -2.42.